The van der Waals surface area contributed by atoms with Crippen LogP contribution in [0.3, 0.4) is 0 Å². The Labute approximate surface area is 119 Å². The lowest BCUT2D eigenvalue weighted by atomic mass is 9.97. The lowest BCUT2D eigenvalue weighted by molar-refractivity contribution is -0.173. The van der Waals surface area contributed by atoms with Crippen molar-refractivity contribution in [1.29, 1.82) is 0 Å². The predicted molar refractivity (Wildman–Crippen MR) is 71.3 cm³/mol. The van der Waals surface area contributed by atoms with Crippen LogP contribution in [0.15, 0.2) is 36.5 Å². The second-order valence-corrected chi connectivity index (χ2v) is 4.92. The topological polar surface area (TPSA) is 39.1 Å². The monoisotopic (exact) mass is 297 g/mol. The summed E-state index contributed by atoms with van der Waals surface area (Å²) in [5.41, 5.74) is 0.789. The molecule has 2 unspecified atom stereocenters. The number of fused-ring (bicyclic) bond motifs is 1. The van der Waals surface area contributed by atoms with Gasteiger partial charge in [-0.25, -0.2) is 4.68 Å². The second kappa shape index (κ2) is 4.98. The van der Waals surface area contributed by atoms with E-state index in [1.807, 2.05) is 0 Å². The Balaban J connectivity index is 1.92. The third-order valence-electron chi connectivity index (χ3n) is 3.64. The number of hydrogen-bond donors (Lipinski definition) is 1. The zero-order valence-corrected chi connectivity index (χ0v) is 11.3. The first-order valence-electron chi connectivity index (χ1n) is 6.50. The van der Waals surface area contributed by atoms with E-state index >= 15 is 0 Å². The zero-order valence-electron chi connectivity index (χ0n) is 11.3. The van der Waals surface area contributed by atoms with Gasteiger partial charge in [-0.1, -0.05) is 12.1 Å². The molecule has 112 valence electrons. The minimum absolute atomic E-state index is 0.0927. The number of halogens is 3. The molecule has 2 heterocycles. The maximum absolute atomic E-state index is 13.2. The van der Waals surface area contributed by atoms with Crippen LogP contribution in [0.25, 0.3) is 0 Å². The number of ether oxygens (including phenoxy) is 1. The van der Waals surface area contributed by atoms with Crippen molar-refractivity contribution in [2.75, 3.05) is 12.4 Å². The number of nitrogens with one attached hydrogen (secondary N) is 1. The fourth-order valence-electron chi connectivity index (χ4n) is 2.57. The molecule has 3 rings (SSSR count). The van der Waals surface area contributed by atoms with Crippen LogP contribution >= 0.6 is 0 Å². The molecule has 0 aliphatic carbocycles. The molecular weight excluding hydrogens is 283 g/mol. The summed E-state index contributed by atoms with van der Waals surface area (Å²) >= 11 is 0. The number of benzene rings is 1. The van der Waals surface area contributed by atoms with Crippen molar-refractivity contribution in [2.45, 2.75) is 24.7 Å². The van der Waals surface area contributed by atoms with E-state index in [0.717, 1.165) is 10.2 Å². The number of rotatable bonds is 2. The number of alkyl halides is 3. The minimum Gasteiger partial charge on any atom is -0.497 e. The molecule has 0 amide bonds. The fraction of sp³-hybridized carbons (Fsp3) is 0.357. The third kappa shape index (κ3) is 2.55. The number of methoxy groups -OCH3 is 1. The van der Waals surface area contributed by atoms with E-state index in [9.17, 15) is 13.2 Å². The maximum atomic E-state index is 13.2. The molecule has 0 saturated carbocycles. The van der Waals surface area contributed by atoms with Crippen molar-refractivity contribution in [3.05, 3.63) is 42.1 Å². The van der Waals surface area contributed by atoms with Crippen LogP contribution in [0.1, 0.15) is 24.1 Å². The molecule has 1 aliphatic rings. The zero-order chi connectivity index (χ0) is 15.0. The van der Waals surface area contributed by atoms with Crippen molar-refractivity contribution >= 4 is 5.82 Å². The summed E-state index contributed by atoms with van der Waals surface area (Å²) in [6.45, 7) is 0. The molecule has 1 aromatic heterocycles. The van der Waals surface area contributed by atoms with E-state index in [2.05, 4.69) is 10.4 Å². The van der Waals surface area contributed by atoms with Crippen LogP contribution in [0.2, 0.25) is 0 Å². The van der Waals surface area contributed by atoms with Gasteiger partial charge < -0.3 is 10.1 Å². The van der Waals surface area contributed by atoms with Crippen molar-refractivity contribution in [3.8, 4) is 5.75 Å². The largest absolute Gasteiger partial charge is 0.497 e. The smallest absolute Gasteiger partial charge is 0.410 e. The SMILES string of the molecule is COc1ccc(C2CC(C(F)(F)F)n3nccc3N2)cc1. The molecule has 0 radical (unpaired) electrons. The normalized spacial score (nSPS) is 21.5. The van der Waals surface area contributed by atoms with Crippen LogP contribution < -0.4 is 10.1 Å². The summed E-state index contributed by atoms with van der Waals surface area (Å²) in [6.07, 6.45) is -3.05. The van der Waals surface area contributed by atoms with E-state index in [1.54, 1.807) is 37.4 Å². The first-order valence-corrected chi connectivity index (χ1v) is 6.50. The summed E-state index contributed by atoms with van der Waals surface area (Å²) in [4.78, 5) is 0. The van der Waals surface area contributed by atoms with E-state index in [1.165, 1.54) is 6.20 Å². The highest BCUT2D eigenvalue weighted by Gasteiger charge is 2.46. The highest BCUT2D eigenvalue weighted by molar-refractivity contribution is 5.42. The van der Waals surface area contributed by atoms with Crippen LogP contribution in [0, 0.1) is 0 Å². The first kappa shape index (κ1) is 13.8. The van der Waals surface area contributed by atoms with Gasteiger partial charge in [-0.2, -0.15) is 18.3 Å². The van der Waals surface area contributed by atoms with E-state index in [4.69, 9.17) is 4.74 Å². The standard InChI is InChI=1S/C14H14F3N3O/c1-21-10-4-2-9(3-5-10)11-8-12(14(15,16)17)20-13(19-11)6-7-18-20/h2-7,11-12,19H,8H2,1H3. The molecular formula is C14H14F3N3O. The van der Waals surface area contributed by atoms with Gasteiger partial charge in [0.1, 0.15) is 11.6 Å². The Morgan fingerprint density at radius 2 is 1.95 bits per heavy atom. The molecule has 0 saturated heterocycles. The van der Waals surface area contributed by atoms with Gasteiger partial charge in [0.05, 0.1) is 19.3 Å². The Hall–Kier alpha value is -2.18. The Morgan fingerprint density at radius 3 is 2.57 bits per heavy atom. The molecule has 0 fully saturated rings. The highest BCUT2D eigenvalue weighted by Crippen LogP contribution is 2.43. The van der Waals surface area contributed by atoms with Gasteiger partial charge in [-0.3, -0.25) is 0 Å². The summed E-state index contributed by atoms with van der Waals surface area (Å²) in [7, 11) is 1.55. The highest BCUT2D eigenvalue weighted by atomic mass is 19.4. The molecule has 7 heteroatoms. The second-order valence-electron chi connectivity index (χ2n) is 4.92. The summed E-state index contributed by atoms with van der Waals surface area (Å²) in [5.74, 6) is 1.05. The molecule has 4 nitrogen and oxygen atoms in total. The lowest BCUT2D eigenvalue weighted by Gasteiger charge is -2.33. The van der Waals surface area contributed by atoms with E-state index in [-0.39, 0.29) is 6.42 Å². The van der Waals surface area contributed by atoms with Crippen molar-refractivity contribution in [3.63, 3.8) is 0 Å². The number of hydrogen-bond acceptors (Lipinski definition) is 3. The quantitative estimate of drug-likeness (QED) is 0.921. The van der Waals surface area contributed by atoms with Gasteiger partial charge in [0.2, 0.25) is 0 Å². The molecule has 1 aliphatic heterocycles. The molecule has 0 spiro atoms. The van der Waals surface area contributed by atoms with Gasteiger partial charge in [0, 0.05) is 12.5 Å². The minimum atomic E-state index is -4.33. The number of nitrogens with zero attached hydrogens (tertiary/aromatic N) is 2. The number of aromatic nitrogens is 2. The predicted octanol–water partition coefficient (Wildman–Crippen LogP) is 3.55. The summed E-state index contributed by atoms with van der Waals surface area (Å²) in [5, 5.41) is 6.87. The molecule has 0 bridgehead atoms. The number of anilines is 1. The Morgan fingerprint density at radius 1 is 1.24 bits per heavy atom. The van der Waals surface area contributed by atoms with Crippen molar-refractivity contribution in [2.24, 2.45) is 0 Å². The Kier molecular flexibility index (Phi) is 3.27. The molecule has 1 aromatic carbocycles. The van der Waals surface area contributed by atoms with Gasteiger partial charge in [-0.15, -0.1) is 0 Å². The maximum Gasteiger partial charge on any atom is 0.410 e. The average molecular weight is 297 g/mol. The first-order chi connectivity index (χ1) is 9.99. The van der Waals surface area contributed by atoms with Crippen molar-refractivity contribution < 1.29 is 17.9 Å². The van der Waals surface area contributed by atoms with Crippen molar-refractivity contribution in [1.82, 2.24) is 9.78 Å². The van der Waals surface area contributed by atoms with Crippen LogP contribution in [0.4, 0.5) is 19.0 Å². The fourth-order valence-corrected chi connectivity index (χ4v) is 2.57. The molecule has 2 atom stereocenters. The molecule has 1 N–H and O–H groups in total. The van der Waals surface area contributed by atoms with Gasteiger partial charge in [-0.05, 0) is 17.7 Å². The Bertz CT molecular complexity index is 621. The average Bonchev–Trinajstić information content (AvgIpc) is 2.93. The van der Waals surface area contributed by atoms with E-state index < -0.39 is 18.3 Å². The van der Waals surface area contributed by atoms with Gasteiger partial charge in [0.25, 0.3) is 0 Å². The lowest BCUT2D eigenvalue weighted by Crippen LogP contribution is -2.35. The summed E-state index contributed by atoms with van der Waals surface area (Å²) in [6, 6.07) is 6.56. The molecule has 21 heavy (non-hydrogen) atoms. The summed E-state index contributed by atoms with van der Waals surface area (Å²) < 4.78 is 45.7. The van der Waals surface area contributed by atoms with Crippen LogP contribution in [-0.4, -0.2) is 23.1 Å². The van der Waals surface area contributed by atoms with Crippen LogP contribution in [0.5, 0.6) is 5.75 Å². The molecule has 2 aromatic rings. The van der Waals surface area contributed by atoms with Gasteiger partial charge in [0.15, 0.2) is 6.04 Å². The van der Waals surface area contributed by atoms with Crippen LogP contribution in [-0.2, 0) is 0 Å². The third-order valence-corrected chi connectivity index (χ3v) is 3.64. The van der Waals surface area contributed by atoms with E-state index in [0.29, 0.717) is 11.6 Å². The van der Waals surface area contributed by atoms with Gasteiger partial charge >= 0.3 is 6.18 Å².